The minimum Gasteiger partial charge on any atom is -0.484 e. The highest BCUT2D eigenvalue weighted by atomic mass is 32.1. The van der Waals surface area contributed by atoms with E-state index in [1.165, 1.54) is 0 Å². The molecule has 1 rings (SSSR count). The van der Waals surface area contributed by atoms with E-state index in [0.29, 0.717) is 30.2 Å². The fourth-order valence-corrected chi connectivity index (χ4v) is 1.68. The summed E-state index contributed by atoms with van der Waals surface area (Å²) in [7, 11) is 0. The molecule has 1 amide bonds. The average Bonchev–Trinajstić information content (AvgIpc) is 2.42. The number of carbonyl (C=O) groups excluding carboxylic acids is 1. The van der Waals surface area contributed by atoms with Crippen LogP contribution in [-0.4, -0.2) is 35.5 Å². The molecule has 5 heteroatoms. The van der Waals surface area contributed by atoms with Crippen LogP contribution in [0.5, 0.6) is 5.75 Å². The number of thiocarbonyl (C=S) groups is 1. The fourth-order valence-electron chi connectivity index (χ4n) is 1.59. The van der Waals surface area contributed by atoms with Crippen LogP contribution in [-0.2, 0) is 4.79 Å². The minimum atomic E-state index is -0.110. The lowest BCUT2D eigenvalue weighted by molar-refractivity contribution is -0.132. The van der Waals surface area contributed by atoms with Gasteiger partial charge < -0.3 is 15.4 Å². The molecule has 0 aliphatic rings. The Morgan fingerprint density at radius 2 is 2.10 bits per heavy atom. The predicted molar refractivity (Wildman–Crippen MR) is 84.9 cm³/mol. The zero-order chi connectivity index (χ0) is 15.0. The number of amides is 1. The van der Waals surface area contributed by atoms with Crippen LogP contribution in [0.1, 0.15) is 12.0 Å². The maximum atomic E-state index is 12.1. The molecule has 0 saturated heterocycles. The van der Waals surface area contributed by atoms with Crippen LogP contribution >= 0.6 is 12.2 Å². The Labute approximate surface area is 125 Å². The van der Waals surface area contributed by atoms with Crippen molar-refractivity contribution in [1.82, 2.24) is 4.90 Å². The normalized spacial score (nSPS) is 9.85. The monoisotopic (exact) mass is 292 g/mol. The Morgan fingerprint density at radius 1 is 1.45 bits per heavy atom. The Balaban J connectivity index is 2.50. The first-order valence-corrected chi connectivity index (χ1v) is 6.80. The molecule has 0 heterocycles. The summed E-state index contributed by atoms with van der Waals surface area (Å²) in [5.41, 5.74) is 6.60. The molecule has 108 valence electrons. The first-order valence-electron chi connectivity index (χ1n) is 6.39. The van der Waals surface area contributed by atoms with Crippen molar-refractivity contribution in [2.75, 3.05) is 19.7 Å². The average molecular weight is 292 g/mol. The quantitative estimate of drug-likeness (QED) is 0.588. The summed E-state index contributed by atoms with van der Waals surface area (Å²) in [6.45, 7) is 6.57. The van der Waals surface area contributed by atoms with E-state index in [4.69, 9.17) is 22.7 Å². The van der Waals surface area contributed by atoms with E-state index in [1.54, 1.807) is 11.0 Å². The van der Waals surface area contributed by atoms with Crippen LogP contribution in [0.3, 0.4) is 0 Å². The lowest BCUT2D eigenvalue weighted by atomic mass is 10.2. The van der Waals surface area contributed by atoms with E-state index < -0.39 is 0 Å². The third-order valence-corrected chi connectivity index (χ3v) is 2.92. The number of hydrogen-bond donors (Lipinski definition) is 1. The molecule has 0 radical (unpaired) electrons. The van der Waals surface area contributed by atoms with Gasteiger partial charge in [0.25, 0.3) is 5.91 Å². The second kappa shape index (κ2) is 8.32. The standard InChI is InChI=1S/C15H20N2O2S/c1-3-9-17(10-8-14(16)20)15(18)11-19-13-6-4-12(2)5-7-13/h3-7H,1,8-11H2,2H3,(H2,16,20). The Hall–Kier alpha value is -1.88. The van der Waals surface area contributed by atoms with Gasteiger partial charge in [0.15, 0.2) is 6.61 Å². The third-order valence-electron chi connectivity index (χ3n) is 2.71. The van der Waals surface area contributed by atoms with Crippen molar-refractivity contribution in [3.05, 3.63) is 42.5 Å². The van der Waals surface area contributed by atoms with Crippen molar-refractivity contribution in [3.8, 4) is 5.75 Å². The number of benzene rings is 1. The Kier molecular flexibility index (Phi) is 6.73. The molecule has 2 N–H and O–H groups in total. The number of carbonyl (C=O) groups is 1. The molecule has 0 fully saturated rings. The van der Waals surface area contributed by atoms with E-state index in [0.717, 1.165) is 5.56 Å². The highest BCUT2D eigenvalue weighted by Crippen LogP contribution is 2.11. The number of nitrogens with two attached hydrogens (primary N) is 1. The lowest BCUT2D eigenvalue weighted by Crippen LogP contribution is -2.37. The van der Waals surface area contributed by atoms with Gasteiger partial charge in [0.1, 0.15) is 5.75 Å². The third kappa shape index (κ3) is 5.84. The molecule has 20 heavy (non-hydrogen) atoms. The van der Waals surface area contributed by atoms with Gasteiger partial charge in [0, 0.05) is 19.5 Å². The van der Waals surface area contributed by atoms with Crippen molar-refractivity contribution in [1.29, 1.82) is 0 Å². The van der Waals surface area contributed by atoms with E-state index >= 15 is 0 Å². The van der Waals surface area contributed by atoms with Crippen molar-refractivity contribution in [2.45, 2.75) is 13.3 Å². The van der Waals surface area contributed by atoms with Crippen LogP contribution in [0.25, 0.3) is 0 Å². The van der Waals surface area contributed by atoms with Crippen LogP contribution in [0.2, 0.25) is 0 Å². The lowest BCUT2D eigenvalue weighted by Gasteiger charge is -2.21. The molecule has 0 aliphatic carbocycles. The second-order valence-electron chi connectivity index (χ2n) is 4.45. The smallest absolute Gasteiger partial charge is 0.260 e. The van der Waals surface area contributed by atoms with Crippen molar-refractivity contribution in [2.24, 2.45) is 5.73 Å². The minimum absolute atomic E-state index is 0.00572. The SMILES string of the molecule is C=CCN(CCC(N)=S)C(=O)COc1ccc(C)cc1. The summed E-state index contributed by atoms with van der Waals surface area (Å²) in [6, 6.07) is 7.56. The maximum absolute atomic E-state index is 12.1. The fraction of sp³-hybridized carbons (Fsp3) is 0.333. The van der Waals surface area contributed by atoms with Crippen molar-refractivity contribution in [3.63, 3.8) is 0 Å². The highest BCUT2D eigenvalue weighted by Gasteiger charge is 2.13. The molecule has 0 aromatic heterocycles. The van der Waals surface area contributed by atoms with Gasteiger partial charge in [-0.3, -0.25) is 4.79 Å². The first kappa shape index (κ1) is 16.2. The molecule has 0 spiro atoms. The molecule has 1 aromatic rings. The van der Waals surface area contributed by atoms with Gasteiger partial charge in [-0.2, -0.15) is 0 Å². The summed E-state index contributed by atoms with van der Waals surface area (Å²) in [4.78, 5) is 14.1. The van der Waals surface area contributed by atoms with E-state index in [2.05, 4.69) is 6.58 Å². The van der Waals surface area contributed by atoms with Crippen molar-refractivity contribution < 1.29 is 9.53 Å². The molecule has 0 saturated carbocycles. The Bertz CT molecular complexity index is 471. The second-order valence-corrected chi connectivity index (χ2v) is 4.97. The number of ether oxygens (including phenoxy) is 1. The number of hydrogen-bond acceptors (Lipinski definition) is 3. The first-order chi connectivity index (χ1) is 9.52. The number of nitrogens with zero attached hydrogens (tertiary/aromatic N) is 1. The summed E-state index contributed by atoms with van der Waals surface area (Å²) in [5.74, 6) is 0.568. The van der Waals surface area contributed by atoms with Gasteiger partial charge in [-0.15, -0.1) is 6.58 Å². The highest BCUT2D eigenvalue weighted by molar-refractivity contribution is 7.80. The van der Waals surface area contributed by atoms with E-state index in [-0.39, 0.29) is 12.5 Å². The zero-order valence-electron chi connectivity index (χ0n) is 11.7. The summed E-state index contributed by atoms with van der Waals surface area (Å²) in [6.07, 6.45) is 2.17. The van der Waals surface area contributed by atoms with Crippen molar-refractivity contribution >= 4 is 23.1 Å². The number of rotatable bonds is 8. The van der Waals surface area contributed by atoms with Crippen LogP contribution in [0, 0.1) is 6.92 Å². The molecule has 4 nitrogen and oxygen atoms in total. The molecular weight excluding hydrogens is 272 g/mol. The van der Waals surface area contributed by atoms with Gasteiger partial charge in [0.05, 0.1) is 4.99 Å². The number of aryl methyl sites for hydroxylation is 1. The molecule has 0 atom stereocenters. The molecule has 0 unspecified atom stereocenters. The largest absolute Gasteiger partial charge is 0.484 e. The topological polar surface area (TPSA) is 55.6 Å². The van der Waals surface area contributed by atoms with Crippen LogP contribution < -0.4 is 10.5 Å². The van der Waals surface area contributed by atoms with Gasteiger partial charge in [-0.05, 0) is 19.1 Å². The van der Waals surface area contributed by atoms with Gasteiger partial charge in [-0.25, -0.2) is 0 Å². The molecule has 0 bridgehead atoms. The summed E-state index contributed by atoms with van der Waals surface area (Å²) in [5, 5.41) is 0. The molecule has 1 aromatic carbocycles. The van der Waals surface area contributed by atoms with Crippen LogP contribution in [0.4, 0.5) is 0 Å². The zero-order valence-corrected chi connectivity index (χ0v) is 12.5. The van der Waals surface area contributed by atoms with Gasteiger partial charge >= 0.3 is 0 Å². The predicted octanol–water partition coefficient (Wildman–Crippen LogP) is 2.06. The maximum Gasteiger partial charge on any atom is 0.260 e. The van der Waals surface area contributed by atoms with E-state index in [1.807, 2.05) is 31.2 Å². The Morgan fingerprint density at radius 3 is 2.65 bits per heavy atom. The van der Waals surface area contributed by atoms with E-state index in [9.17, 15) is 4.79 Å². The summed E-state index contributed by atoms with van der Waals surface area (Å²) < 4.78 is 5.47. The molecule has 0 aliphatic heterocycles. The van der Waals surface area contributed by atoms with Gasteiger partial charge in [0.2, 0.25) is 0 Å². The van der Waals surface area contributed by atoms with Crippen LogP contribution in [0.15, 0.2) is 36.9 Å². The van der Waals surface area contributed by atoms with Gasteiger partial charge in [-0.1, -0.05) is 36.0 Å². The summed E-state index contributed by atoms with van der Waals surface area (Å²) >= 11 is 4.82. The molecular formula is C15H20N2O2S.